The largest absolute Gasteiger partial charge is 0.483 e. The van der Waals surface area contributed by atoms with Gasteiger partial charge in [-0.25, -0.2) is 0 Å². The molecule has 0 heterocycles. The lowest BCUT2D eigenvalue weighted by Crippen LogP contribution is -2.38. The molecule has 1 aromatic carbocycles. The van der Waals surface area contributed by atoms with Gasteiger partial charge in [-0.2, -0.15) is 0 Å². The summed E-state index contributed by atoms with van der Waals surface area (Å²) in [6.45, 7) is 6.27. The van der Waals surface area contributed by atoms with Crippen molar-refractivity contribution in [2.24, 2.45) is 0 Å². The number of nitrogens with one attached hydrogen (secondary N) is 1. The summed E-state index contributed by atoms with van der Waals surface area (Å²) >= 11 is 0. The second-order valence-corrected chi connectivity index (χ2v) is 6.60. The van der Waals surface area contributed by atoms with Gasteiger partial charge in [-0.05, 0) is 56.4 Å². The summed E-state index contributed by atoms with van der Waals surface area (Å²) in [5.41, 5.74) is 3.48. The summed E-state index contributed by atoms with van der Waals surface area (Å²) in [5, 5.41) is 3.14. The van der Waals surface area contributed by atoms with Crippen LogP contribution < -0.4 is 10.1 Å². The molecule has 122 valence electrons. The number of benzene rings is 1. The van der Waals surface area contributed by atoms with Crippen LogP contribution in [-0.2, 0) is 4.79 Å². The van der Waals surface area contributed by atoms with Crippen LogP contribution in [0.3, 0.4) is 0 Å². The number of carbonyl (C=O) groups is 1. The molecular weight excluding hydrogens is 274 g/mol. The van der Waals surface area contributed by atoms with Crippen LogP contribution in [0.5, 0.6) is 5.75 Å². The van der Waals surface area contributed by atoms with Gasteiger partial charge in [0.25, 0.3) is 5.91 Å². The summed E-state index contributed by atoms with van der Waals surface area (Å²) in [7, 11) is 0. The van der Waals surface area contributed by atoms with Crippen molar-refractivity contribution in [3.63, 3.8) is 0 Å². The van der Waals surface area contributed by atoms with E-state index < -0.39 is 0 Å². The number of hydrogen-bond donors (Lipinski definition) is 1. The fourth-order valence-corrected chi connectivity index (χ4v) is 3.16. The van der Waals surface area contributed by atoms with Gasteiger partial charge in [-0.1, -0.05) is 38.2 Å². The molecule has 3 heteroatoms. The van der Waals surface area contributed by atoms with Gasteiger partial charge in [0, 0.05) is 6.04 Å². The third kappa shape index (κ3) is 5.04. The Bertz CT molecular complexity index is 502. The Morgan fingerprint density at radius 1 is 1.09 bits per heavy atom. The molecule has 1 saturated carbocycles. The lowest BCUT2D eigenvalue weighted by molar-refractivity contribution is -0.123. The third-order valence-corrected chi connectivity index (χ3v) is 4.59. The summed E-state index contributed by atoms with van der Waals surface area (Å²) in [5.74, 6) is 0.828. The molecule has 1 aliphatic carbocycles. The van der Waals surface area contributed by atoms with Crippen LogP contribution in [0.2, 0.25) is 0 Å². The van der Waals surface area contributed by atoms with Crippen LogP contribution in [0.25, 0.3) is 0 Å². The molecule has 2 rings (SSSR count). The van der Waals surface area contributed by atoms with Crippen LogP contribution in [-0.4, -0.2) is 18.6 Å². The smallest absolute Gasteiger partial charge is 0.258 e. The molecule has 3 nitrogen and oxygen atoms in total. The molecule has 1 amide bonds. The van der Waals surface area contributed by atoms with Crippen LogP contribution >= 0.6 is 0 Å². The molecule has 1 fully saturated rings. The van der Waals surface area contributed by atoms with E-state index in [0.29, 0.717) is 6.04 Å². The van der Waals surface area contributed by atoms with Crippen LogP contribution in [0.1, 0.15) is 61.6 Å². The fraction of sp³-hybridized carbons (Fsp3) is 0.632. The Kier molecular flexibility index (Phi) is 6.29. The average molecular weight is 303 g/mol. The van der Waals surface area contributed by atoms with Gasteiger partial charge in [-0.3, -0.25) is 4.79 Å². The molecule has 0 aliphatic heterocycles. The summed E-state index contributed by atoms with van der Waals surface area (Å²) in [6, 6.07) is 4.47. The minimum absolute atomic E-state index is 0.00383. The van der Waals surface area contributed by atoms with E-state index in [4.69, 9.17) is 4.74 Å². The van der Waals surface area contributed by atoms with Crippen LogP contribution in [0, 0.1) is 20.8 Å². The first-order valence-corrected chi connectivity index (χ1v) is 8.56. The molecule has 0 bridgehead atoms. The van der Waals surface area contributed by atoms with E-state index in [0.717, 1.165) is 24.2 Å². The van der Waals surface area contributed by atoms with E-state index in [9.17, 15) is 4.79 Å². The minimum Gasteiger partial charge on any atom is -0.483 e. The highest BCUT2D eigenvalue weighted by Gasteiger charge is 2.14. The highest BCUT2D eigenvalue weighted by Crippen LogP contribution is 2.23. The molecule has 0 unspecified atom stereocenters. The van der Waals surface area contributed by atoms with Gasteiger partial charge < -0.3 is 10.1 Å². The quantitative estimate of drug-likeness (QED) is 0.904. The number of ether oxygens (including phenoxy) is 1. The van der Waals surface area contributed by atoms with E-state index in [2.05, 4.69) is 18.3 Å². The second-order valence-electron chi connectivity index (χ2n) is 6.60. The zero-order valence-corrected chi connectivity index (χ0v) is 14.2. The lowest BCUT2D eigenvalue weighted by atomic mass is 9.97. The Balaban J connectivity index is 1.84. The van der Waals surface area contributed by atoms with Crippen LogP contribution in [0.4, 0.5) is 0 Å². The standard InChI is InChI=1S/C19H29NO2/c1-14-11-15(2)16(3)18(12-14)22-13-19(21)20-17-9-7-5-4-6-8-10-17/h11-12,17H,4-10,13H2,1-3H3,(H,20,21). The molecule has 22 heavy (non-hydrogen) atoms. The maximum absolute atomic E-state index is 12.1. The van der Waals surface area contributed by atoms with E-state index in [-0.39, 0.29) is 12.5 Å². The molecule has 1 aromatic rings. The predicted molar refractivity (Wildman–Crippen MR) is 90.4 cm³/mol. The van der Waals surface area contributed by atoms with Crippen molar-refractivity contribution < 1.29 is 9.53 Å². The zero-order chi connectivity index (χ0) is 15.9. The average Bonchev–Trinajstić information content (AvgIpc) is 2.44. The molecule has 1 aliphatic rings. The molecule has 1 N–H and O–H groups in total. The van der Waals surface area contributed by atoms with E-state index in [1.807, 2.05) is 19.9 Å². The predicted octanol–water partition coefficient (Wildman–Crippen LogP) is 4.22. The second kappa shape index (κ2) is 8.21. The monoisotopic (exact) mass is 303 g/mol. The highest BCUT2D eigenvalue weighted by atomic mass is 16.5. The summed E-state index contributed by atoms with van der Waals surface area (Å²) < 4.78 is 5.75. The Morgan fingerprint density at radius 2 is 1.73 bits per heavy atom. The van der Waals surface area contributed by atoms with Crippen molar-refractivity contribution in [1.29, 1.82) is 0 Å². The van der Waals surface area contributed by atoms with Crippen molar-refractivity contribution in [2.75, 3.05) is 6.61 Å². The highest BCUT2D eigenvalue weighted by molar-refractivity contribution is 5.77. The topological polar surface area (TPSA) is 38.3 Å². The van der Waals surface area contributed by atoms with Gasteiger partial charge in [0.2, 0.25) is 0 Å². The molecule has 0 aromatic heterocycles. The van der Waals surface area contributed by atoms with Gasteiger partial charge in [0.05, 0.1) is 0 Å². The molecule has 0 spiro atoms. The normalized spacial score (nSPS) is 16.7. The minimum atomic E-state index is 0.00383. The zero-order valence-electron chi connectivity index (χ0n) is 14.2. The first-order chi connectivity index (χ1) is 10.6. The fourth-order valence-electron chi connectivity index (χ4n) is 3.16. The molecular formula is C19H29NO2. The first-order valence-electron chi connectivity index (χ1n) is 8.56. The van der Waals surface area contributed by atoms with Crippen molar-refractivity contribution in [3.8, 4) is 5.75 Å². The number of carbonyl (C=O) groups excluding carboxylic acids is 1. The SMILES string of the molecule is Cc1cc(C)c(C)c(OCC(=O)NC2CCCCCCC2)c1. The number of hydrogen-bond acceptors (Lipinski definition) is 2. The Hall–Kier alpha value is -1.51. The number of amides is 1. The van der Waals surface area contributed by atoms with Crippen molar-refractivity contribution in [2.45, 2.75) is 71.8 Å². The van der Waals surface area contributed by atoms with Crippen molar-refractivity contribution in [3.05, 3.63) is 28.8 Å². The van der Waals surface area contributed by atoms with Gasteiger partial charge in [-0.15, -0.1) is 0 Å². The Labute approximate surface area is 134 Å². The maximum atomic E-state index is 12.1. The molecule has 0 radical (unpaired) electrons. The summed E-state index contributed by atoms with van der Waals surface area (Å²) in [6.07, 6.45) is 8.59. The van der Waals surface area contributed by atoms with Gasteiger partial charge in [0.1, 0.15) is 5.75 Å². The molecule has 0 saturated heterocycles. The maximum Gasteiger partial charge on any atom is 0.258 e. The lowest BCUT2D eigenvalue weighted by Gasteiger charge is -2.21. The van der Waals surface area contributed by atoms with E-state index in [1.165, 1.54) is 43.2 Å². The van der Waals surface area contributed by atoms with Gasteiger partial charge in [0.15, 0.2) is 6.61 Å². The first kappa shape index (κ1) is 16.9. The Morgan fingerprint density at radius 3 is 2.41 bits per heavy atom. The van der Waals surface area contributed by atoms with E-state index >= 15 is 0 Å². The van der Waals surface area contributed by atoms with Crippen molar-refractivity contribution in [1.82, 2.24) is 5.32 Å². The third-order valence-electron chi connectivity index (χ3n) is 4.59. The number of rotatable bonds is 4. The van der Waals surface area contributed by atoms with E-state index in [1.54, 1.807) is 0 Å². The van der Waals surface area contributed by atoms with Crippen molar-refractivity contribution >= 4 is 5.91 Å². The van der Waals surface area contributed by atoms with Gasteiger partial charge >= 0.3 is 0 Å². The molecule has 0 atom stereocenters. The summed E-state index contributed by atoms with van der Waals surface area (Å²) in [4.78, 5) is 12.1. The number of aryl methyl sites for hydroxylation is 2. The van der Waals surface area contributed by atoms with Crippen LogP contribution in [0.15, 0.2) is 12.1 Å².